The van der Waals surface area contributed by atoms with Crippen molar-refractivity contribution in [2.45, 2.75) is 12.1 Å². The van der Waals surface area contributed by atoms with Crippen LogP contribution < -0.4 is 9.25 Å². The fourth-order valence-electron chi connectivity index (χ4n) is 5.28. The summed E-state index contributed by atoms with van der Waals surface area (Å²) >= 11 is 0. The van der Waals surface area contributed by atoms with Crippen LogP contribution in [-0.2, 0) is 12.1 Å². The first-order valence-electron chi connectivity index (χ1n) is 8.78. The number of hydrogen-bond acceptors (Lipinski definition) is 0. The van der Waals surface area contributed by atoms with Crippen molar-refractivity contribution < 1.29 is 9.25 Å². The van der Waals surface area contributed by atoms with Crippen LogP contribution in [0.3, 0.4) is 0 Å². The Morgan fingerprint density at radius 2 is 1.64 bits per heavy atom. The Morgan fingerprint density at radius 3 is 2.60 bits per heavy atom. The number of nitrogens with zero attached hydrogens (tertiary/aromatic N) is 3. The normalized spacial score (nSPS) is 20.0. The van der Waals surface area contributed by atoms with Crippen LogP contribution in [0.5, 0.6) is 0 Å². The summed E-state index contributed by atoms with van der Waals surface area (Å²) in [6.07, 6.45) is 3.18. The fourth-order valence-corrected chi connectivity index (χ4v) is 5.28. The van der Waals surface area contributed by atoms with Crippen molar-refractivity contribution in [3.8, 4) is 16.9 Å². The number of para-hydroxylation sites is 1. The van der Waals surface area contributed by atoms with Crippen molar-refractivity contribution in [2.24, 2.45) is 0 Å². The van der Waals surface area contributed by atoms with E-state index in [-0.39, 0.29) is 5.66 Å². The Labute approximate surface area is 145 Å². The second-order valence-corrected chi connectivity index (χ2v) is 7.11. The van der Waals surface area contributed by atoms with Gasteiger partial charge in [-0.2, -0.15) is 4.57 Å². The average Bonchev–Trinajstić information content (AvgIpc) is 3.31. The van der Waals surface area contributed by atoms with Crippen LogP contribution in [0, 0.1) is 0 Å². The summed E-state index contributed by atoms with van der Waals surface area (Å²) < 4.78 is 7.40. The minimum atomic E-state index is -0.295. The molecule has 0 radical (unpaired) electrons. The van der Waals surface area contributed by atoms with Gasteiger partial charge >= 0.3 is 5.66 Å². The molecular formula is C22H15N3+2. The van der Waals surface area contributed by atoms with Crippen LogP contribution in [0.2, 0.25) is 0 Å². The summed E-state index contributed by atoms with van der Waals surface area (Å²) in [7, 11) is 0. The van der Waals surface area contributed by atoms with Crippen molar-refractivity contribution in [3.63, 3.8) is 0 Å². The lowest BCUT2D eigenvalue weighted by Crippen LogP contribution is -2.66. The van der Waals surface area contributed by atoms with Gasteiger partial charge in [-0.1, -0.05) is 33.6 Å². The maximum absolute atomic E-state index is 2.56. The minimum absolute atomic E-state index is 0.295. The lowest BCUT2D eigenvalue weighted by Gasteiger charge is -2.25. The highest BCUT2D eigenvalue weighted by molar-refractivity contribution is 5.69. The standard InChI is InChI=1S/C22H15N3/c1-2-8-18-17(7-1)20-11-5-6-15-14-16-12-13-23-21-10-4-3-9-19(21)22(18,24(15)20)25(16)23/h1-13H,14H2/q+2/t22-/m0/s1. The van der Waals surface area contributed by atoms with Gasteiger partial charge in [-0.05, 0) is 24.3 Å². The van der Waals surface area contributed by atoms with E-state index < -0.39 is 0 Å². The molecule has 2 aromatic heterocycles. The van der Waals surface area contributed by atoms with E-state index in [2.05, 4.69) is 92.9 Å². The summed E-state index contributed by atoms with van der Waals surface area (Å²) in [5.41, 5.74) is 9.12. The topological polar surface area (TPSA) is 12.7 Å². The Hall–Kier alpha value is -3.20. The molecular weight excluding hydrogens is 306 g/mol. The third-order valence-corrected chi connectivity index (χ3v) is 6.06. The molecule has 3 aliphatic rings. The summed E-state index contributed by atoms with van der Waals surface area (Å²) in [6.45, 7) is 0. The molecule has 116 valence electrons. The molecule has 4 aromatic rings. The Morgan fingerprint density at radius 1 is 0.800 bits per heavy atom. The van der Waals surface area contributed by atoms with Crippen LogP contribution in [0.1, 0.15) is 22.5 Å². The molecule has 1 atom stereocenters. The van der Waals surface area contributed by atoms with E-state index in [0.29, 0.717) is 0 Å². The molecule has 1 spiro atoms. The van der Waals surface area contributed by atoms with Gasteiger partial charge in [0.1, 0.15) is 11.3 Å². The van der Waals surface area contributed by atoms with E-state index in [0.717, 1.165) is 6.42 Å². The molecule has 3 heteroatoms. The third kappa shape index (κ3) is 1.10. The molecule has 0 aliphatic carbocycles. The van der Waals surface area contributed by atoms with Crippen molar-refractivity contribution in [3.05, 3.63) is 102 Å². The highest BCUT2D eigenvalue weighted by Gasteiger charge is 2.67. The third-order valence-electron chi connectivity index (χ3n) is 6.06. The van der Waals surface area contributed by atoms with Crippen molar-refractivity contribution in [1.29, 1.82) is 0 Å². The lowest BCUT2D eigenvalue weighted by atomic mass is 9.89. The zero-order valence-electron chi connectivity index (χ0n) is 13.6. The predicted octanol–water partition coefficient (Wildman–Crippen LogP) is 2.55. The van der Waals surface area contributed by atoms with E-state index in [4.69, 9.17) is 0 Å². The zero-order chi connectivity index (χ0) is 16.2. The van der Waals surface area contributed by atoms with Crippen molar-refractivity contribution in [2.75, 3.05) is 0 Å². The largest absolute Gasteiger partial charge is 0.354 e. The Kier molecular flexibility index (Phi) is 1.82. The smallest absolute Gasteiger partial charge is 0.157 e. The van der Waals surface area contributed by atoms with E-state index in [1.54, 1.807) is 0 Å². The predicted molar refractivity (Wildman–Crippen MR) is 92.4 cm³/mol. The molecule has 0 saturated carbocycles. The maximum atomic E-state index is 2.56. The van der Waals surface area contributed by atoms with E-state index in [1.807, 2.05) is 0 Å². The average molecular weight is 321 g/mol. The molecule has 0 saturated heterocycles. The van der Waals surface area contributed by atoms with E-state index >= 15 is 0 Å². The van der Waals surface area contributed by atoms with Gasteiger partial charge in [-0.25, -0.2) is 0 Å². The maximum Gasteiger partial charge on any atom is 0.354 e. The molecule has 0 amide bonds. The van der Waals surface area contributed by atoms with Crippen LogP contribution in [-0.4, -0.2) is 4.68 Å². The van der Waals surface area contributed by atoms with Gasteiger partial charge in [-0.15, -0.1) is 0 Å². The monoisotopic (exact) mass is 321 g/mol. The second kappa shape index (κ2) is 3.72. The van der Waals surface area contributed by atoms with Crippen molar-refractivity contribution in [1.82, 2.24) is 4.68 Å². The Balaban J connectivity index is 1.81. The minimum Gasteiger partial charge on any atom is -0.157 e. The first kappa shape index (κ1) is 12.2. The van der Waals surface area contributed by atoms with Gasteiger partial charge in [0.05, 0.1) is 17.5 Å². The number of rotatable bonds is 0. The molecule has 0 fully saturated rings. The van der Waals surface area contributed by atoms with Gasteiger partial charge in [0.2, 0.25) is 17.6 Å². The molecule has 3 aliphatic heterocycles. The zero-order valence-corrected chi connectivity index (χ0v) is 13.6. The van der Waals surface area contributed by atoms with Crippen molar-refractivity contribution >= 4 is 0 Å². The Bertz CT molecular complexity index is 1230. The van der Waals surface area contributed by atoms with Gasteiger partial charge in [0.25, 0.3) is 0 Å². The highest BCUT2D eigenvalue weighted by atomic mass is 15.5. The number of benzene rings is 2. The van der Waals surface area contributed by atoms with Gasteiger partial charge < -0.3 is 0 Å². The van der Waals surface area contributed by atoms with Crippen LogP contribution in [0.15, 0.2) is 79.0 Å². The molecule has 25 heavy (non-hydrogen) atoms. The van der Waals surface area contributed by atoms with Crippen LogP contribution >= 0.6 is 0 Å². The summed E-state index contributed by atoms with van der Waals surface area (Å²) in [4.78, 5) is 0. The summed E-state index contributed by atoms with van der Waals surface area (Å²) in [6, 6.07) is 26.7. The number of fused-ring (bicyclic) bond motifs is 4. The number of pyridine rings is 1. The van der Waals surface area contributed by atoms with Crippen LogP contribution in [0.25, 0.3) is 16.9 Å². The quantitative estimate of drug-likeness (QED) is 0.381. The second-order valence-electron chi connectivity index (χ2n) is 7.11. The van der Waals surface area contributed by atoms with Crippen LogP contribution in [0.4, 0.5) is 0 Å². The summed E-state index contributed by atoms with van der Waals surface area (Å²) in [5, 5.41) is 0. The van der Waals surface area contributed by atoms with Gasteiger partial charge in [0, 0.05) is 24.3 Å². The van der Waals surface area contributed by atoms with Gasteiger partial charge in [-0.3, -0.25) is 0 Å². The first-order valence-corrected chi connectivity index (χ1v) is 8.78. The molecule has 0 unspecified atom stereocenters. The SMILES string of the molecule is c1ccc2c(c1)-c1cccc3[n+]1[C@@]21c2ccccc2-[n+]2ccc(n21)C3. The number of aromatic nitrogens is 3. The first-order chi connectivity index (χ1) is 12.4. The molecule has 0 N–H and O–H groups in total. The fraction of sp³-hybridized carbons (Fsp3) is 0.0909. The van der Waals surface area contributed by atoms with Gasteiger partial charge in [0.15, 0.2) is 5.69 Å². The molecule has 3 nitrogen and oxygen atoms in total. The lowest BCUT2D eigenvalue weighted by molar-refractivity contribution is -0.794. The number of hydrogen-bond donors (Lipinski definition) is 0. The molecule has 0 bridgehead atoms. The highest BCUT2D eigenvalue weighted by Crippen LogP contribution is 2.48. The summed E-state index contributed by atoms with van der Waals surface area (Å²) in [5.74, 6) is 0. The van der Waals surface area contributed by atoms with E-state index in [9.17, 15) is 0 Å². The molecule has 2 aromatic carbocycles. The molecule has 5 heterocycles. The van der Waals surface area contributed by atoms with E-state index in [1.165, 1.54) is 39.5 Å². The molecule has 7 rings (SSSR count).